The summed E-state index contributed by atoms with van der Waals surface area (Å²) in [7, 11) is 0. The Morgan fingerprint density at radius 2 is 1.73 bits per heavy atom. The highest BCUT2D eigenvalue weighted by Crippen LogP contribution is 2.30. The van der Waals surface area contributed by atoms with Gasteiger partial charge in [-0.3, -0.25) is 0 Å². The number of halogens is 2. The second kappa shape index (κ2) is 9.19. The number of hydrogen-bond donors (Lipinski definition) is 1. The number of hydrogen-bond acceptors (Lipinski definition) is 3. The number of para-hydroxylation sites is 4. The van der Waals surface area contributed by atoms with Crippen molar-refractivity contribution in [2.75, 3.05) is 12.0 Å². The zero-order chi connectivity index (χ0) is 22.8. The van der Waals surface area contributed by atoms with Gasteiger partial charge < -0.3 is 9.55 Å². The predicted molar refractivity (Wildman–Crippen MR) is 132 cm³/mol. The highest BCUT2D eigenvalue weighted by Gasteiger charge is 2.22. The Morgan fingerprint density at radius 3 is 2.52 bits per heavy atom. The van der Waals surface area contributed by atoms with Gasteiger partial charge in [-0.1, -0.05) is 36.4 Å². The highest BCUT2D eigenvalue weighted by molar-refractivity contribution is 7.98. The van der Waals surface area contributed by atoms with E-state index in [9.17, 15) is 8.78 Å². The van der Waals surface area contributed by atoms with E-state index >= 15 is 0 Å². The maximum absolute atomic E-state index is 13.7. The monoisotopic (exact) mass is 460 g/mol. The molecule has 0 aliphatic heterocycles. The number of H-pyrrole nitrogens is 1. The summed E-state index contributed by atoms with van der Waals surface area (Å²) in [5.74, 6) is 0.816. The molecule has 0 fully saturated rings. The van der Waals surface area contributed by atoms with Crippen LogP contribution in [0, 0.1) is 11.6 Å². The van der Waals surface area contributed by atoms with Crippen LogP contribution in [0.2, 0.25) is 0 Å². The van der Waals surface area contributed by atoms with Crippen LogP contribution in [0.5, 0.6) is 0 Å². The van der Waals surface area contributed by atoms with Crippen LogP contribution in [0.15, 0.2) is 66.7 Å². The van der Waals surface area contributed by atoms with Crippen LogP contribution in [0.4, 0.5) is 8.78 Å². The van der Waals surface area contributed by atoms with E-state index in [0.29, 0.717) is 5.56 Å². The number of fused-ring (bicyclic) bond motifs is 2. The fourth-order valence-corrected chi connectivity index (χ4v) is 4.50. The summed E-state index contributed by atoms with van der Waals surface area (Å²) in [6.45, 7) is 0. The molecule has 1 unspecified atom stereocenters. The summed E-state index contributed by atoms with van der Waals surface area (Å²) >= 11 is 1.78. The van der Waals surface area contributed by atoms with Crippen LogP contribution in [-0.4, -0.2) is 31.5 Å². The van der Waals surface area contributed by atoms with Gasteiger partial charge >= 0.3 is 0 Å². The van der Waals surface area contributed by atoms with Crippen molar-refractivity contribution in [3.63, 3.8) is 0 Å². The van der Waals surface area contributed by atoms with Gasteiger partial charge in [0.05, 0.1) is 28.1 Å². The number of rotatable bonds is 7. The van der Waals surface area contributed by atoms with Gasteiger partial charge in [-0.05, 0) is 66.5 Å². The summed E-state index contributed by atoms with van der Waals surface area (Å²) in [5, 5.41) is 0. The third-order valence-corrected chi connectivity index (χ3v) is 6.27. The normalized spacial score (nSPS) is 12.8. The van der Waals surface area contributed by atoms with Gasteiger partial charge in [-0.2, -0.15) is 11.8 Å². The Hall–Kier alpha value is -3.45. The molecule has 0 amide bonds. The largest absolute Gasteiger partial charge is 0.340 e. The SMILES string of the molecule is CSCCC(c1nc2ccccc2[nH]1)n1c(/C=C/c2ccc(F)c(F)c2)nc2ccccc21. The van der Waals surface area contributed by atoms with Crippen molar-refractivity contribution < 1.29 is 8.78 Å². The summed E-state index contributed by atoms with van der Waals surface area (Å²) in [6, 6.07) is 19.8. The first-order valence-electron chi connectivity index (χ1n) is 10.7. The van der Waals surface area contributed by atoms with Crippen molar-refractivity contribution in [3.8, 4) is 0 Å². The van der Waals surface area contributed by atoms with Crippen molar-refractivity contribution in [1.82, 2.24) is 19.5 Å². The lowest BCUT2D eigenvalue weighted by Gasteiger charge is -2.19. The molecule has 0 spiro atoms. The topological polar surface area (TPSA) is 46.5 Å². The van der Waals surface area contributed by atoms with E-state index in [-0.39, 0.29) is 6.04 Å². The molecular weight excluding hydrogens is 438 g/mol. The standard InChI is InChI=1S/C26H22F2N4S/c1-33-15-14-24(26-30-20-6-2-3-7-21(20)31-26)32-23-9-5-4-8-22(23)29-25(32)13-11-17-10-12-18(27)19(28)16-17/h2-13,16,24H,14-15H2,1H3,(H,30,31)/b13-11+. The zero-order valence-electron chi connectivity index (χ0n) is 18.0. The van der Waals surface area contributed by atoms with Crippen molar-refractivity contribution >= 4 is 46.0 Å². The Morgan fingerprint density at radius 1 is 0.939 bits per heavy atom. The Balaban J connectivity index is 1.64. The molecule has 4 nitrogen and oxygen atoms in total. The smallest absolute Gasteiger partial charge is 0.159 e. The summed E-state index contributed by atoms with van der Waals surface area (Å²) in [5.41, 5.74) is 4.34. The first kappa shape index (κ1) is 21.4. The van der Waals surface area contributed by atoms with E-state index in [0.717, 1.165) is 52.0 Å². The minimum atomic E-state index is -0.870. The van der Waals surface area contributed by atoms with Gasteiger partial charge in [-0.25, -0.2) is 18.7 Å². The molecule has 3 aromatic carbocycles. The van der Waals surface area contributed by atoms with Crippen molar-refractivity contribution in [3.05, 3.63) is 95.6 Å². The van der Waals surface area contributed by atoms with Gasteiger partial charge in [0.15, 0.2) is 11.6 Å². The number of aromatic amines is 1. The molecule has 7 heteroatoms. The van der Waals surface area contributed by atoms with Crippen LogP contribution >= 0.6 is 11.8 Å². The molecule has 0 aliphatic carbocycles. The minimum Gasteiger partial charge on any atom is -0.340 e. The molecule has 1 atom stereocenters. The van der Waals surface area contributed by atoms with Crippen LogP contribution in [0.3, 0.4) is 0 Å². The van der Waals surface area contributed by atoms with Crippen molar-refractivity contribution in [2.45, 2.75) is 12.5 Å². The van der Waals surface area contributed by atoms with E-state index in [2.05, 4.69) is 15.8 Å². The molecule has 166 valence electrons. The van der Waals surface area contributed by atoms with Crippen LogP contribution in [0.1, 0.15) is 29.7 Å². The second-order valence-electron chi connectivity index (χ2n) is 7.77. The fourth-order valence-electron chi connectivity index (χ4n) is 4.04. The predicted octanol–water partition coefficient (Wildman–Crippen LogP) is 6.70. The Bertz CT molecular complexity index is 1420. The number of nitrogens with zero attached hydrogens (tertiary/aromatic N) is 3. The van der Waals surface area contributed by atoms with Gasteiger partial charge in [0.1, 0.15) is 11.6 Å². The van der Waals surface area contributed by atoms with Gasteiger partial charge in [0, 0.05) is 0 Å². The lowest BCUT2D eigenvalue weighted by Crippen LogP contribution is -2.15. The fraction of sp³-hybridized carbons (Fsp3) is 0.154. The van der Waals surface area contributed by atoms with Crippen LogP contribution in [0.25, 0.3) is 34.2 Å². The summed E-state index contributed by atoms with van der Waals surface area (Å²) < 4.78 is 29.2. The molecular formula is C26H22F2N4S. The van der Waals surface area contributed by atoms with Gasteiger partial charge in [-0.15, -0.1) is 0 Å². The van der Waals surface area contributed by atoms with E-state index in [1.165, 1.54) is 6.07 Å². The minimum absolute atomic E-state index is 0.0677. The van der Waals surface area contributed by atoms with Crippen molar-refractivity contribution in [1.29, 1.82) is 0 Å². The summed E-state index contributed by atoms with van der Waals surface area (Å²) in [4.78, 5) is 13.2. The Kier molecular flexibility index (Phi) is 5.96. The van der Waals surface area contributed by atoms with Crippen LogP contribution in [-0.2, 0) is 0 Å². The molecule has 33 heavy (non-hydrogen) atoms. The molecule has 0 saturated heterocycles. The molecule has 5 rings (SSSR count). The molecule has 0 radical (unpaired) electrons. The molecule has 1 N–H and O–H groups in total. The van der Waals surface area contributed by atoms with Gasteiger partial charge in [0.2, 0.25) is 0 Å². The van der Waals surface area contributed by atoms with E-state index in [1.54, 1.807) is 23.9 Å². The molecule has 0 saturated carbocycles. The quantitative estimate of drug-likeness (QED) is 0.294. The number of thioether (sulfide) groups is 1. The number of aromatic nitrogens is 4. The zero-order valence-corrected chi connectivity index (χ0v) is 18.8. The van der Waals surface area contributed by atoms with Gasteiger partial charge in [0.25, 0.3) is 0 Å². The molecule has 5 aromatic rings. The third kappa shape index (κ3) is 4.28. The maximum Gasteiger partial charge on any atom is 0.159 e. The second-order valence-corrected chi connectivity index (χ2v) is 8.76. The van der Waals surface area contributed by atoms with E-state index in [4.69, 9.17) is 9.97 Å². The highest BCUT2D eigenvalue weighted by atomic mass is 32.2. The maximum atomic E-state index is 13.7. The average molecular weight is 461 g/mol. The first-order chi connectivity index (χ1) is 16.1. The lowest BCUT2D eigenvalue weighted by molar-refractivity contribution is 0.508. The molecule has 2 heterocycles. The Labute approximate surface area is 194 Å². The van der Waals surface area contributed by atoms with E-state index < -0.39 is 11.6 Å². The van der Waals surface area contributed by atoms with E-state index in [1.807, 2.05) is 54.6 Å². The lowest BCUT2D eigenvalue weighted by atomic mass is 10.1. The number of nitrogens with one attached hydrogen (secondary N) is 1. The third-order valence-electron chi connectivity index (χ3n) is 5.62. The molecule has 0 bridgehead atoms. The first-order valence-corrected chi connectivity index (χ1v) is 12.1. The molecule has 0 aliphatic rings. The average Bonchev–Trinajstić information content (AvgIpc) is 3.42. The summed E-state index contributed by atoms with van der Waals surface area (Å²) in [6.07, 6.45) is 6.55. The number of imidazole rings is 2. The number of benzene rings is 3. The van der Waals surface area contributed by atoms with Crippen LogP contribution < -0.4 is 0 Å². The van der Waals surface area contributed by atoms with Crippen molar-refractivity contribution in [2.24, 2.45) is 0 Å². The molecule has 2 aromatic heterocycles.